The van der Waals surface area contributed by atoms with Crippen molar-refractivity contribution >= 4 is 17.3 Å². The zero-order valence-corrected chi connectivity index (χ0v) is 10.2. The molecule has 0 saturated heterocycles. The van der Waals surface area contributed by atoms with Gasteiger partial charge in [0, 0.05) is 12.0 Å². The van der Waals surface area contributed by atoms with Crippen molar-refractivity contribution in [1.29, 1.82) is 0 Å². The average molecular weight is 246 g/mol. The first kappa shape index (κ1) is 11.4. The van der Waals surface area contributed by atoms with Crippen molar-refractivity contribution in [3.05, 3.63) is 18.2 Å². The second kappa shape index (κ2) is 4.19. The van der Waals surface area contributed by atoms with Crippen LogP contribution in [0, 0.1) is 17.8 Å². The Bertz CT molecular complexity index is 487. The Hall–Kier alpha value is -1.71. The maximum atomic E-state index is 12.2. The lowest BCUT2D eigenvalue weighted by Gasteiger charge is -2.21. The summed E-state index contributed by atoms with van der Waals surface area (Å²) in [6.07, 6.45) is 4.71. The van der Waals surface area contributed by atoms with Gasteiger partial charge in [0.25, 0.3) is 0 Å². The molecule has 0 spiro atoms. The molecule has 0 aliphatic heterocycles. The fourth-order valence-corrected chi connectivity index (χ4v) is 3.46. The van der Waals surface area contributed by atoms with Crippen LogP contribution < -0.4 is 11.1 Å². The number of rotatable bonds is 2. The molecule has 3 rings (SSSR count). The predicted molar refractivity (Wildman–Crippen MR) is 70.1 cm³/mol. The highest BCUT2D eigenvalue weighted by Gasteiger charge is 2.43. The summed E-state index contributed by atoms with van der Waals surface area (Å²) in [5, 5.41) is 12.2. The molecule has 4 heteroatoms. The van der Waals surface area contributed by atoms with Gasteiger partial charge in [-0.2, -0.15) is 0 Å². The van der Waals surface area contributed by atoms with Crippen LogP contribution in [0.1, 0.15) is 25.7 Å². The van der Waals surface area contributed by atoms with Crippen LogP contribution in [0.4, 0.5) is 11.4 Å². The van der Waals surface area contributed by atoms with Crippen LogP contribution in [0.25, 0.3) is 0 Å². The first-order valence-corrected chi connectivity index (χ1v) is 6.53. The van der Waals surface area contributed by atoms with Gasteiger partial charge in [-0.05, 0) is 43.2 Å². The molecule has 4 N–H and O–H groups in total. The fourth-order valence-electron chi connectivity index (χ4n) is 3.46. The van der Waals surface area contributed by atoms with Crippen LogP contribution >= 0.6 is 0 Å². The molecule has 2 aliphatic carbocycles. The number of carbonyl (C=O) groups excluding carboxylic acids is 1. The minimum absolute atomic E-state index is 0.0830. The van der Waals surface area contributed by atoms with Crippen LogP contribution in [0.2, 0.25) is 0 Å². The smallest absolute Gasteiger partial charge is 0.227 e. The number of carbonyl (C=O) groups is 1. The summed E-state index contributed by atoms with van der Waals surface area (Å²) >= 11 is 0. The van der Waals surface area contributed by atoms with Gasteiger partial charge in [0.1, 0.15) is 5.75 Å². The van der Waals surface area contributed by atoms with Gasteiger partial charge in [0.15, 0.2) is 0 Å². The van der Waals surface area contributed by atoms with Crippen LogP contribution in [-0.4, -0.2) is 11.0 Å². The van der Waals surface area contributed by atoms with E-state index < -0.39 is 0 Å². The number of anilines is 2. The number of phenolic OH excluding ortho intramolecular Hbond substituents is 1. The Kier molecular flexibility index (Phi) is 2.65. The minimum Gasteiger partial charge on any atom is -0.508 e. The largest absolute Gasteiger partial charge is 0.508 e. The van der Waals surface area contributed by atoms with Gasteiger partial charge in [-0.1, -0.05) is 6.42 Å². The van der Waals surface area contributed by atoms with E-state index in [1.54, 1.807) is 6.07 Å². The molecule has 1 aromatic rings. The average Bonchev–Trinajstić information content (AvgIpc) is 2.94. The van der Waals surface area contributed by atoms with E-state index in [-0.39, 0.29) is 17.6 Å². The molecule has 2 saturated carbocycles. The van der Waals surface area contributed by atoms with Gasteiger partial charge in [0.05, 0.1) is 11.4 Å². The van der Waals surface area contributed by atoms with E-state index in [0.29, 0.717) is 17.3 Å². The summed E-state index contributed by atoms with van der Waals surface area (Å²) < 4.78 is 0. The van der Waals surface area contributed by atoms with Gasteiger partial charge >= 0.3 is 0 Å². The molecule has 2 bridgehead atoms. The van der Waals surface area contributed by atoms with Gasteiger partial charge in [-0.3, -0.25) is 4.79 Å². The number of fused-ring (bicyclic) bond motifs is 2. The number of phenols is 1. The summed E-state index contributed by atoms with van der Waals surface area (Å²) in [4.78, 5) is 12.2. The number of hydrogen-bond donors (Lipinski definition) is 3. The molecule has 3 unspecified atom stereocenters. The SMILES string of the molecule is Nc1cc(O)ccc1NC(=O)C1CC2CCC1C2. The minimum atomic E-state index is 0.0830. The van der Waals surface area contributed by atoms with E-state index in [1.807, 2.05) is 0 Å². The number of aromatic hydroxyl groups is 1. The highest BCUT2D eigenvalue weighted by atomic mass is 16.3. The number of nitrogen functional groups attached to an aromatic ring is 1. The van der Waals surface area contributed by atoms with Crippen LogP contribution in [0.3, 0.4) is 0 Å². The van der Waals surface area contributed by atoms with E-state index in [9.17, 15) is 9.90 Å². The van der Waals surface area contributed by atoms with E-state index in [1.165, 1.54) is 31.4 Å². The lowest BCUT2D eigenvalue weighted by molar-refractivity contribution is -0.121. The van der Waals surface area contributed by atoms with Crippen molar-refractivity contribution in [3.63, 3.8) is 0 Å². The molecule has 1 amide bonds. The summed E-state index contributed by atoms with van der Waals surface area (Å²) in [5.41, 5.74) is 6.78. The Morgan fingerprint density at radius 2 is 2.17 bits per heavy atom. The van der Waals surface area contributed by atoms with Crippen molar-refractivity contribution < 1.29 is 9.90 Å². The molecule has 4 nitrogen and oxygen atoms in total. The highest BCUT2D eigenvalue weighted by molar-refractivity contribution is 5.95. The standard InChI is InChI=1S/C14H18N2O2/c15-12-7-10(17)3-4-13(12)16-14(18)11-6-8-1-2-9(11)5-8/h3-4,7-9,11,17H,1-2,5-6,15H2,(H,16,18). The van der Waals surface area contributed by atoms with E-state index >= 15 is 0 Å². The molecule has 18 heavy (non-hydrogen) atoms. The topological polar surface area (TPSA) is 75.3 Å². The maximum Gasteiger partial charge on any atom is 0.227 e. The summed E-state index contributed by atoms with van der Waals surface area (Å²) in [6.45, 7) is 0. The molecule has 0 radical (unpaired) electrons. The third-order valence-corrected chi connectivity index (χ3v) is 4.37. The van der Waals surface area contributed by atoms with Crippen molar-refractivity contribution in [2.45, 2.75) is 25.7 Å². The highest BCUT2D eigenvalue weighted by Crippen LogP contribution is 2.48. The predicted octanol–water partition coefficient (Wildman–Crippen LogP) is 2.35. The van der Waals surface area contributed by atoms with Gasteiger partial charge < -0.3 is 16.2 Å². The molecule has 3 atom stereocenters. The molecule has 96 valence electrons. The lowest BCUT2D eigenvalue weighted by Crippen LogP contribution is -2.27. The summed E-state index contributed by atoms with van der Waals surface area (Å²) in [6, 6.07) is 4.64. The summed E-state index contributed by atoms with van der Waals surface area (Å²) in [7, 11) is 0. The third kappa shape index (κ3) is 1.92. The first-order chi connectivity index (χ1) is 8.63. The van der Waals surface area contributed by atoms with Crippen molar-refractivity contribution in [3.8, 4) is 5.75 Å². The second-order valence-electron chi connectivity index (χ2n) is 5.54. The van der Waals surface area contributed by atoms with Gasteiger partial charge in [-0.15, -0.1) is 0 Å². The van der Waals surface area contributed by atoms with Crippen molar-refractivity contribution in [2.75, 3.05) is 11.1 Å². The van der Waals surface area contributed by atoms with E-state index in [4.69, 9.17) is 5.73 Å². The molecule has 2 fully saturated rings. The van der Waals surface area contributed by atoms with Crippen molar-refractivity contribution in [2.24, 2.45) is 17.8 Å². The maximum absolute atomic E-state index is 12.2. The Morgan fingerprint density at radius 1 is 1.33 bits per heavy atom. The molecule has 2 aliphatic rings. The Labute approximate surface area is 106 Å². The molecular weight excluding hydrogens is 228 g/mol. The number of nitrogens with two attached hydrogens (primary N) is 1. The normalized spacial score (nSPS) is 29.4. The quantitative estimate of drug-likeness (QED) is 0.554. The van der Waals surface area contributed by atoms with E-state index in [2.05, 4.69) is 5.32 Å². The Balaban J connectivity index is 1.71. The first-order valence-electron chi connectivity index (χ1n) is 6.53. The molecule has 1 aromatic carbocycles. The fraction of sp³-hybridized carbons (Fsp3) is 0.500. The van der Waals surface area contributed by atoms with Crippen molar-refractivity contribution in [1.82, 2.24) is 0 Å². The van der Waals surface area contributed by atoms with Gasteiger partial charge in [0.2, 0.25) is 5.91 Å². The molecule has 0 aromatic heterocycles. The number of amides is 1. The Morgan fingerprint density at radius 3 is 2.78 bits per heavy atom. The zero-order valence-electron chi connectivity index (χ0n) is 10.2. The number of hydrogen-bond acceptors (Lipinski definition) is 3. The summed E-state index contributed by atoms with van der Waals surface area (Å²) in [5.74, 6) is 1.67. The van der Waals surface area contributed by atoms with Crippen LogP contribution in [-0.2, 0) is 4.79 Å². The number of nitrogens with one attached hydrogen (secondary N) is 1. The second-order valence-corrected chi connectivity index (χ2v) is 5.54. The van der Waals surface area contributed by atoms with Crippen LogP contribution in [0.15, 0.2) is 18.2 Å². The molecule has 0 heterocycles. The van der Waals surface area contributed by atoms with Crippen LogP contribution in [0.5, 0.6) is 5.75 Å². The lowest BCUT2D eigenvalue weighted by atomic mass is 9.88. The number of benzene rings is 1. The third-order valence-electron chi connectivity index (χ3n) is 4.37. The molecular formula is C14H18N2O2. The van der Waals surface area contributed by atoms with E-state index in [0.717, 1.165) is 12.3 Å². The van der Waals surface area contributed by atoms with Gasteiger partial charge in [-0.25, -0.2) is 0 Å². The monoisotopic (exact) mass is 246 g/mol. The zero-order chi connectivity index (χ0) is 12.7.